The molecule has 0 heterocycles. The molecule has 1 aliphatic carbocycles. The smallest absolute Gasteiger partial charge is 0.161 e. The van der Waals surface area contributed by atoms with Crippen LogP contribution in [0.2, 0.25) is 0 Å². The number of aliphatic hydroxyl groups excluding tert-OH is 1. The molecule has 0 aromatic heterocycles. The number of aliphatic hydroxyl groups is 1. The first-order chi connectivity index (χ1) is 10.2. The van der Waals surface area contributed by atoms with Gasteiger partial charge in [-0.3, -0.25) is 4.90 Å². The summed E-state index contributed by atoms with van der Waals surface area (Å²) in [6.07, 6.45) is 2.63. The minimum atomic E-state index is -0.446. The van der Waals surface area contributed by atoms with Gasteiger partial charge in [-0.15, -0.1) is 0 Å². The zero-order chi connectivity index (χ0) is 15.4. The van der Waals surface area contributed by atoms with Gasteiger partial charge in [0.05, 0.1) is 20.3 Å². The minimum absolute atomic E-state index is 0.164. The summed E-state index contributed by atoms with van der Waals surface area (Å²) < 4.78 is 10.7. The van der Waals surface area contributed by atoms with Gasteiger partial charge in [-0.05, 0) is 55.6 Å². The second-order valence-corrected chi connectivity index (χ2v) is 5.66. The molecule has 2 atom stereocenters. The lowest BCUT2D eigenvalue weighted by molar-refractivity contribution is 0.0604. The van der Waals surface area contributed by atoms with Crippen LogP contribution in [0.15, 0.2) is 12.1 Å². The first-order valence-corrected chi connectivity index (χ1v) is 7.83. The highest BCUT2D eigenvalue weighted by Gasteiger charge is 2.35. The molecule has 0 aliphatic heterocycles. The van der Waals surface area contributed by atoms with E-state index in [9.17, 15) is 5.11 Å². The molecule has 1 aromatic carbocycles. The van der Waals surface area contributed by atoms with Crippen molar-refractivity contribution in [3.63, 3.8) is 0 Å². The van der Waals surface area contributed by atoms with E-state index in [-0.39, 0.29) is 6.04 Å². The fourth-order valence-electron chi connectivity index (χ4n) is 3.28. The maximum Gasteiger partial charge on any atom is 0.161 e. The lowest BCUT2D eigenvalue weighted by atomic mass is 10.1. The summed E-state index contributed by atoms with van der Waals surface area (Å²) in [6.45, 7) is 6.42. The molecule has 0 bridgehead atoms. The molecule has 4 nitrogen and oxygen atoms in total. The number of hydrogen-bond donors (Lipinski definition) is 1. The third-order valence-corrected chi connectivity index (χ3v) is 4.25. The van der Waals surface area contributed by atoms with E-state index in [4.69, 9.17) is 9.47 Å². The Morgan fingerprint density at radius 2 is 1.67 bits per heavy atom. The zero-order valence-corrected chi connectivity index (χ0v) is 13.6. The van der Waals surface area contributed by atoms with E-state index >= 15 is 0 Å². The Hall–Kier alpha value is -1.26. The van der Waals surface area contributed by atoms with Gasteiger partial charge in [-0.25, -0.2) is 0 Å². The summed E-state index contributed by atoms with van der Waals surface area (Å²) in [4.78, 5) is 2.41. The van der Waals surface area contributed by atoms with Gasteiger partial charge in [-0.1, -0.05) is 13.8 Å². The van der Waals surface area contributed by atoms with Crippen LogP contribution >= 0.6 is 0 Å². The maximum atomic E-state index is 10.7. The predicted octanol–water partition coefficient (Wildman–Crippen LogP) is 2.78. The van der Waals surface area contributed by atoms with Crippen LogP contribution in [0.25, 0.3) is 0 Å². The summed E-state index contributed by atoms with van der Waals surface area (Å²) in [5, 5.41) is 10.7. The van der Waals surface area contributed by atoms with E-state index < -0.39 is 6.10 Å². The average Bonchev–Trinajstić information content (AvgIpc) is 2.82. The molecule has 0 unspecified atom stereocenters. The molecule has 0 amide bonds. The average molecular weight is 293 g/mol. The highest BCUT2D eigenvalue weighted by atomic mass is 16.5. The lowest BCUT2D eigenvalue weighted by Crippen LogP contribution is -2.39. The molecule has 21 heavy (non-hydrogen) atoms. The van der Waals surface area contributed by atoms with Crippen molar-refractivity contribution < 1.29 is 14.6 Å². The second-order valence-electron chi connectivity index (χ2n) is 5.66. The highest BCUT2D eigenvalue weighted by Crippen LogP contribution is 2.41. The van der Waals surface area contributed by atoms with Crippen LogP contribution in [-0.4, -0.2) is 43.4 Å². The van der Waals surface area contributed by atoms with Crippen molar-refractivity contribution in [2.45, 2.75) is 45.3 Å². The Kier molecular flexibility index (Phi) is 5.48. The molecule has 1 N–H and O–H groups in total. The SMILES string of the molecule is CCCN(CCC)[C@@H]1Cc2cc(OC)c(OC)cc2[C@@H]1O. The van der Waals surface area contributed by atoms with E-state index in [2.05, 4.69) is 18.7 Å². The maximum absolute atomic E-state index is 10.7. The summed E-state index contributed by atoms with van der Waals surface area (Å²) in [5.74, 6) is 1.43. The topological polar surface area (TPSA) is 41.9 Å². The quantitative estimate of drug-likeness (QED) is 0.839. The van der Waals surface area contributed by atoms with Gasteiger partial charge in [0.25, 0.3) is 0 Å². The Morgan fingerprint density at radius 1 is 1.10 bits per heavy atom. The van der Waals surface area contributed by atoms with Crippen LogP contribution in [0.4, 0.5) is 0 Å². The van der Waals surface area contributed by atoms with Crippen molar-refractivity contribution in [3.05, 3.63) is 23.3 Å². The molecule has 0 fully saturated rings. The molecule has 1 aromatic rings. The Balaban J connectivity index is 2.28. The number of nitrogens with zero attached hydrogens (tertiary/aromatic N) is 1. The monoisotopic (exact) mass is 293 g/mol. The van der Waals surface area contributed by atoms with Gasteiger partial charge in [0, 0.05) is 6.04 Å². The first-order valence-electron chi connectivity index (χ1n) is 7.83. The number of ether oxygens (including phenoxy) is 2. The van der Waals surface area contributed by atoms with Gasteiger partial charge >= 0.3 is 0 Å². The molecule has 0 spiro atoms. The highest BCUT2D eigenvalue weighted by molar-refractivity contribution is 5.50. The molecular formula is C17H27NO3. The standard InChI is InChI=1S/C17H27NO3/c1-5-7-18(8-6-2)14-9-12-10-15(20-3)16(21-4)11-13(12)17(14)19/h10-11,14,17,19H,5-9H2,1-4H3/t14-,17+/m1/s1. The molecular weight excluding hydrogens is 266 g/mol. The predicted molar refractivity (Wildman–Crippen MR) is 84.2 cm³/mol. The van der Waals surface area contributed by atoms with Crippen molar-refractivity contribution in [2.24, 2.45) is 0 Å². The van der Waals surface area contributed by atoms with E-state index in [1.165, 1.54) is 5.56 Å². The van der Waals surface area contributed by atoms with Gasteiger partial charge in [0.15, 0.2) is 11.5 Å². The van der Waals surface area contributed by atoms with Gasteiger partial charge in [0.2, 0.25) is 0 Å². The van der Waals surface area contributed by atoms with E-state index in [0.29, 0.717) is 5.75 Å². The first kappa shape index (κ1) is 16.1. The van der Waals surface area contributed by atoms with Crippen molar-refractivity contribution in [3.8, 4) is 11.5 Å². The van der Waals surface area contributed by atoms with Gasteiger partial charge in [0.1, 0.15) is 0 Å². The third-order valence-electron chi connectivity index (χ3n) is 4.25. The molecule has 4 heteroatoms. The van der Waals surface area contributed by atoms with Crippen LogP contribution < -0.4 is 9.47 Å². The van der Waals surface area contributed by atoms with Crippen LogP contribution in [0.5, 0.6) is 11.5 Å². The van der Waals surface area contributed by atoms with Crippen molar-refractivity contribution in [1.29, 1.82) is 0 Å². The number of fused-ring (bicyclic) bond motifs is 1. The van der Waals surface area contributed by atoms with Crippen molar-refractivity contribution in [2.75, 3.05) is 27.3 Å². The van der Waals surface area contributed by atoms with Crippen LogP contribution in [-0.2, 0) is 6.42 Å². The fraction of sp³-hybridized carbons (Fsp3) is 0.647. The number of benzene rings is 1. The van der Waals surface area contributed by atoms with E-state index in [0.717, 1.165) is 43.7 Å². The van der Waals surface area contributed by atoms with Crippen LogP contribution in [0.1, 0.15) is 43.9 Å². The fourth-order valence-corrected chi connectivity index (χ4v) is 3.28. The molecule has 2 rings (SSSR count). The second kappa shape index (κ2) is 7.14. The minimum Gasteiger partial charge on any atom is -0.493 e. The summed E-state index contributed by atoms with van der Waals surface area (Å²) in [7, 11) is 3.27. The van der Waals surface area contributed by atoms with Gasteiger partial charge < -0.3 is 14.6 Å². The largest absolute Gasteiger partial charge is 0.493 e. The third kappa shape index (κ3) is 3.16. The Labute approximate surface area is 127 Å². The lowest BCUT2D eigenvalue weighted by Gasteiger charge is -2.30. The Morgan fingerprint density at radius 3 is 2.19 bits per heavy atom. The summed E-state index contributed by atoms with van der Waals surface area (Å²) in [5.41, 5.74) is 2.15. The van der Waals surface area contributed by atoms with E-state index in [1.807, 2.05) is 12.1 Å². The summed E-state index contributed by atoms with van der Waals surface area (Å²) >= 11 is 0. The zero-order valence-electron chi connectivity index (χ0n) is 13.6. The van der Waals surface area contributed by atoms with Gasteiger partial charge in [-0.2, -0.15) is 0 Å². The number of methoxy groups -OCH3 is 2. The Bertz CT molecular complexity index is 469. The molecule has 118 valence electrons. The molecule has 1 aliphatic rings. The molecule has 0 saturated carbocycles. The van der Waals surface area contributed by atoms with Crippen LogP contribution in [0, 0.1) is 0 Å². The summed E-state index contributed by atoms with van der Waals surface area (Å²) in [6, 6.07) is 4.10. The molecule has 0 saturated heterocycles. The van der Waals surface area contributed by atoms with Crippen molar-refractivity contribution >= 4 is 0 Å². The number of hydrogen-bond acceptors (Lipinski definition) is 4. The number of rotatable bonds is 7. The normalized spacial score (nSPS) is 20.7. The van der Waals surface area contributed by atoms with E-state index in [1.54, 1.807) is 14.2 Å². The van der Waals surface area contributed by atoms with Crippen molar-refractivity contribution in [1.82, 2.24) is 4.90 Å². The van der Waals surface area contributed by atoms with Crippen LogP contribution in [0.3, 0.4) is 0 Å². The molecule has 0 radical (unpaired) electrons.